The number of aliphatic hydroxyl groups is 2. The van der Waals surface area contributed by atoms with E-state index in [0.717, 1.165) is 77.0 Å². The molecule has 0 saturated carbocycles. The van der Waals surface area contributed by atoms with Gasteiger partial charge in [-0.25, -0.2) is 0 Å². The lowest BCUT2D eigenvalue weighted by Crippen LogP contribution is -2.46. The second kappa shape index (κ2) is 52.1. The summed E-state index contributed by atoms with van der Waals surface area (Å²) in [6.07, 6.45) is 62.1. The smallest absolute Gasteiger partial charge is 0.306 e. The van der Waals surface area contributed by atoms with Gasteiger partial charge in [-0.05, 0) is 77.0 Å². The average molecular weight is 901 g/mol. The largest absolute Gasteiger partial charge is 0.462 e. The minimum atomic E-state index is -0.795. The molecular weight excluding hydrogens is 791 g/mol. The quantitative estimate of drug-likeness (QED) is 0.0245. The summed E-state index contributed by atoms with van der Waals surface area (Å²) in [5, 5.41) is 23.9. The van der Waals surface area contributed by atoms with Gasteiger partial charge in [-0.15, -0.1) is 0 Å². The lowest BCUT2D eigenvalue weighted by Gasteiger charge is -2.24. The average Bonchev–Trinajstić information content (AvgIpc) is 3.29. The maximum atomic E-state index is 13.2. The van der Waals surface area contributed by atoms with Crippen LogP contribution in [0, 0.1) is 0 Å². The molecule has 0 radical (unpaired) electrons. The normalized spacial score (nSPS) is 13.4. The van der Waals surface area contributed by atoms with Crippen LogP contribution >= 0.6 is 0 Å². The fourth-order valence-electron chi connectivity index (χ4n) is 8.65. The standard InChI is InChI=1S/C58H109NO5/c1-4-7-10-13-16-19-22-25-27-29-31-33-35-38-41-44-47-50-56(61)55(53-60)59-57(62)52-54(64-58(63)51-48-45-42-39-36-24-21-18-15-12-9-6-3)49-46-43-40-37-34-32-30-28-26-23-20-17-14-11-8-5-2/h18,21,28,30,32,34,54-56,60-61H,4-17,19-20,22-27,29,31,33,35-53H2,1-3H3,(H,59,62)/b21-18-,30-28+,34-32+. The Balaban J connectivity index is 4.56. The number of ether oxygens (including phenoxy) is 1. The number of aliphatic hydroxyl groups excluding tert-OH is 2. The molecule has 64 heavy (non-hydrogen) atoms. The fraction of sp³-hybridized carbons (Fsp3) is 0.862. The third-order valence-corrected chi connectivity index (χ3v) is 13.0. The van der Waals surface area contributed by atoms with Crippen molar-refractivity contribution < 1.29 is 24.5 Å². The van der Waals surface area contributed by atoms with E-state index < -0.39 is 18.2 Å². The first-order valence-corrected chi connectivity index (χ1v) is 28.2. The number of allylic oxidation sites excluding steroid dienone is 6. The summed E-state index contributed by atoms with van der Waals surface area (Å²) in [7, 11) is 0. The van der Waals surface area contributed by atoms with Crippen molar-refractivity contribution in [2.75, 3.05) is 6.61 Å². The fourth-order valence-corrected chi connectivity index (χ4v) is 8.65. The van der Waals surface area contributed by atoms with Crippen molar-refractivity contribution in [3.8, 4) is 0 Å². The third-order valence-electron chi connectivity index (χ3n) is 13.0. The molecule has 6 heteroatoms. The van der Waals surface area contributed by atoms with Gasteiger partial charge in [0.1, 0.15) is 6.10 Å². The molecule has 0 fully saturated rings. The monoisotopic (exact) mass is 900 g/mol. The summed E-state index contributed by atoms with van der Waals surface area (Å²) in [5.41, 5.74) is 0. The maximum Gasteiger partial charge on any atom is 0.306 e. The number of carbonyl (C=O) groups excluding carboxylic acids is 2. The number of hydrogen-bond acceptors (Lipinski definition) is 5. The molecule has 0 aliphatic carbocycles. The number of unbranched alkanes of at least 4 members (excludes halogenated alkanes) is 34. The topological polar surface area (TPSA) is 95.9 Å². The summed E-state index contributed by atoms with van der Waals surface area (Å²) in [6.45, 7) is 6.47. The van der Waals surface area contributed by atoms with Crippen molar-refractivity contribution in [2.45, 2.75) is 315 Å². The van der Waals surface area contributed by atoms with Gasteiger partial charge in [0.2, 0.25) is 5.91 Å². The molecule has 0 spiro atoms. The highest BCUT2D eigenvalue weighted by molar-refractivity contribution is 5.77. The highest BCUT2D eigenvalue weighted by Crippen LogP contribution is 2.18. The van der Waals surface area contributed by atoms with Gasteiger partial charge in [0.15, 0.2) is 0 Å². The Hall–Kier alpha value is -1.92. The summed E-state index contributed by atoms with van der Waals surface area (Å²) >= 11 is 0. The van der Waals surface area contributed by atoms with Crippen LogP contribution in [0.1, 0.15) is 297 Å². The first-order chi connectivity index (χ1) is 31.5. The lowest BCUT2D eigenvalue weighted by atomic mass is 10.0. The number of rotatable bonds is 51. The molecule has 0 rings (SSSR count). The van der Waals surface area contributed by atoms with E-state index in [9.17, 15) is 19.8 Å². The van der Waals surface area contributed by atoms with Crippen LogP contribution in [0.15, 0.2) is 36.5 Å². The van der Waals surface area contributed by atoms with Crippen LogP contribution in [-0.2, 0) is 14.3 Å². The molecule has 0 bridgehead atoms. The molecule has 1 amide bonds. The Kier molecular flexibility index (Phi) is 50.5. The molecule has 0 heterocycles. The number of nitrogens with one attached hydrogen (secondary N) is 1. The molecule has 0 aliphatic rings. The lowest BCUT2D eigenvalue weighted by molar-refractivity contribution is -0.151. The minimum absolute atomic E-state index is 0.0590. The van der Waals surface area contributed by atoms with Gasteiger partial charge in [-0.3, -0.25) is 9.59 Å². The maximum absolute atomic E-state index is 13.2. The second-order valence-corrected chi connectivity index (χ2v) is 19.4. The Labute approximate surface area is 398 Å². The Morgan fingerprint density at radius 1 is 0.453 bits per heavy atom. The molecule has 376 valence electrons. The van der Waals surface area contributed by atoms with Crippen LogP contribution < -0.4 is 5.32 Å². The molecule has 3 unspecified atom stereocenters. The first-order valence-electron chi connectivity index (χ1n) is 28.2. The van der Waals surface area contributed by atoms with E-state index in [-0.39, 0.29) is 24.9 Å². The number of hydrogen-bond donors (Lipinski definition) is 3. The van der Waals surface area contributed by atoms with E-state index in [1.165, 1.54) is 173 Å². The number of esters is 1. The number of amides is 1. The first kappa shape index (κ1) is 62.1. The van der Waals surface area contributed by atoms with Gasteiger partial charge < -0.3 is 20.3 Å². The third kappa shape index (κ3) is 46.6. The van der Waals surface area contributed by atoms with E-state index in [1.807, 2.05) is 0 Å². The van der Waals surface area contributed by atoms with Crippen molar-refractivity contribution in [2.24, 2.45) is 0 Å². The minimum Gasteiger partial charge on any atom is -0.462 e. The highest BCUT2D eigenvalue weighted by Gasteiger charge is 2.24. The van der Waals surface area contributed by atoms with Gasteiger partial charge in [-0.2, -0.15) is 0 Å². The van der Waals surface area contributed by atoms with E-state index >= 15 is 0 Å². The molecule has 0 aromatic heterocycles. The van der Waals surface area contributed by atoms with E-state index in [0.29, 0.717) is 19.3 Å². The molecule has 6 nitrogen and oxygen atoms in total. The molecule has 0 saturated heterocycles. The van der Waals surface area contributed by atoms with Crippen LogP contribution in [0.4, 0.5) is 0 Å². The predicted molar refractivity (Wildman–Crippen MR) is 278 cm³/mol. The predicted octanol–water partition coefficient (Wildman–Crippen LogP) is 17.2. The van der Waals surface area contributed by atoms with Gasteiger partial charge in [0.05, 0.1) is 25.2 Å². The molecule has 0 aromatic carbocycles. The molecule has 3 atom stereocenters. The zero-order valence-electron chi connectivity index (χ0n) is 42.9. The molecule has 0 aromatic rings. The second-order valence-electron chi connectivity index (χ2n) is 19.4. The SMILES string of the molecule is CCCCC/C=C\CCCCCCCC(=O)OC(CCCCC/C=C/C=C/CCCCCCCCC)CC(=O)NC(CO)C(O)CCCCCCCCCCCCCCCCCCC. The van der Waals surface area contributed by atoms with Crippen molar-refractivity contribution >= 4 is 11.9 Å². The van der Waals surface area contributed by atoms with Gasteiger partial charge >= 0.3 is 5.97 Å². The van der Waals surface area contributed by atoms with Crippen molar-refractivity contribution in [3.63, 3.8) is 0 Å². The van der Waals surface area contributed by atoms with Crippen LogP contribution in [0.3, 0.4) is 0 Å². The molecule has 3 N–H and O–H groups in total. The summed E-state index contributed by atoms with van der Waals surface area (Å²) < 4.78 is 5.93. The number of carbonyl (C=O) groups is 2. The molecule has 0 aliphatic heterocycles. The van der Waals surface area contributed by atoms with Crippen LogP contribution in [0.25, 0.3) is 0 Å². The summed E-state index contributed by atoms with van der Waals surface area (Å²) in [4.78, 5) is 26.2. The van der Waals surface area contributed by atoms with Crippen molar-refractivity contribution in [1.29, 1.82) is 0 Å². The zero-order chi connectivity index (χ0) is 46.7. The van der Waals surface area contributed by atoms with E-state index in [1.54, 1.807) is 0 Å². The Morgan fingerprint density at radius 2 is 0.797 bits per heavy atom. The Bertz CT molecular complexity index is 1060. The summed E-state index contributed by atoms with van der Waals surface area (Å²) in [5.74, 6) is -0.500. The highest BCUT2D eigenvalue weighted by atomic mass is 16.5. The van der Waals surface area contributed by atoms with Gasteiger partial charge in [-0.1, -0.05) is 243 Å². The van der Waals surface area contributed by atoms with E-state index in [2.05, 4.69) is 62.5 Å². The van der Waals surface area contributed by atoms with E-state index in [4.69, 9.17) is 4.74 Å². The van der Waals surface area contributed by atoms with Crippen molar-refractivity contribution in [1.82, 2.24) is 5.32 Å². The molecular formula is C58H109NO5. The Morgan fingerprint density at radius 3 is 1.25 bits per heavy atom. The van der Waals surface area contributed by atoms with Gasteiger partial charge in [0, 0.05) is 6.42 Å². The van der Waals surface area contributed by atoms with Crippen LogP contribution in [0.2, 0.25) is 0 Å². The van der Waals surface area contributed by atoms with Crippen LogP contribution in [-0.4, -0.2) is 46.9 Å². The van der Waals surface area contributed by atoms with Gasteiger partial charge in [0.25, 0.3) is 0 Å². The summed E-state index contributed by atoms with van der Waals surface area (Å²) in [6, 6.07) is -0.710. The zero-order valence-corrected chi connectivity index (χ0v) is 42.9. The van der Waals surface area contributed by atoms with Crippen LogP contribution in [0.5, 0.6) is 0 Å². The van der Waals surface area contributed by atoms with Crippen molar-refractivity contribution in [3.05, 3.63) is 36.5 Å².